The van der Waals surface area contributed by atoms with Crippen molar-refractivity contribution in [1.29, 1.82) is 0 Å². The summed E-state index contributed by atoms with van der Waals surface area (Å²) in [5, 5.41) is 11.6. The number of likely N-dealkylation sites (tertiary alicyclic amines) is 1. The number of halogens is 1. The van der Waals surface area contributed by atoms with Crippen molar-refractivity contribution in [3.63, 3.8) is 0 Å². The third-order valence-corrected chi connectivity index (χ3v) is 6.45. The van der Waals surface area contributed by atoms with Gasteiger partial charge in [0, 0.05) is 19.6 Å². The summed E-state index contributed by atoms with van der Waals surface area (Å²) in [6, 6.07) is 21.9. The first kappa shape index (κ1) is 25.5. The molecule has 0 saturated carbocycles. The van der Waals surface area contributed by atoms with Crippen molar-refractivity contribution in [2.45, 2.75) is 32.2 Å². The number of benzene rings is 3. The number of carbonyl (C=O) groups excluding carboxylic acids is 1. The topological polar surface area (TPSA) is 92.9 Å². The zero-order valence-electron chi connectivity index (χ0n) is 19.1. The second kappa shape index (κ2) is 11.4. The number of carboxylic acids is 1. The van der Waals surface area contributed by atoms with Gasteiger partial charge in [0.2, 0.25) is 5.91 Å². The molecule has 1 unspecified atom stereocenters. The van der Waals surface area contributed by atoms with Crippen molar-refractivity contribution in [2.75, 3.05) is 19.7 Å². The monoisotopic (exact) mass is 482 g/mol. The van der Waals surface area contributed by atoms with Crippen molar-refractivity contribution in [1.82, 2.24) is 4.90 Å². The Morgan fingerprint density at radius 3 is 2.50 bits per heavy atom. The van der Waals surface area contributed by atoms with E-state index in [9.17, 15) is 14.7 Å². The van der Waals surface area contributed by atoms with E-state index in [4.69, 9.17) is 10.5 Å². The van der Waals surface area contributed by atoms with E-state index >= 15 is 0 Å². The van der Waals surface area contributed by atoms with Crippen LogP contribution >= 0.6 is 12.4 Å². The van der Waals surface area contributed by atoms with Crippen LogP contribution in [0.3, 0.4) is 0 Å². The van der Waals surface area contributed by atoms with E-state index < -0.39 is 11.4 Å². The minimum atomic E-state index is -1.03. The van der Waals surface area contributed by atoms with Gasteiger partial charge in [-0.25, -0.2) is 0 Å². The second-order valence-corrected chi connectivity index (χ2v) is 8.82. The van der Waals surface area contributed by atoms with Crippen molar-refractivity contribution in [2.24, 2.45) is 11.1 Å². The van der Waals surface area contributed by atoms with Gasteiger partial charge in [0.25, 0.3) is 0 Å². The number of carboxylic acid groups (broad SMARTS) is 1. The Hall–Kier alpha value is -3.09. The van der Waals surface area contributed by atoms with Crippen LogP contribution in [0.4, 0.5) is 0 Å². The maximum absolute atomic E-state index is 13.3. The number of ether oxygens (including phenoxy) is 1. The number of aryl methyl sites for hydroxylation is 1. The van der Waals surface area contributed by atoms with Crippen molar-refractivity contribution < 1.29 is 19.4 Å². The van der Waals surface area contributed by atoms with E-state index in [0.717, 1.165) is 29.2 Å². The predicted molar refractivity (Wildman–Crippen MR) is 135 cm³/mol. The third kappa shape index (κ3) is 5.88. The van der Waals surface area contributed by atoms with Crippen LogP contribution in [-0.2, 0) is 22.6 Å². The van der Waals surface area contributed by atoms with Crippen LogP contribution in [0.2, 0.25) is 0 Å². The first-order valence-corrected chi connectivity index (χ1v) is 11.4. The fraction of sp³-hybridized carbons (Fsp3) is 0.333. The molecular formula is C27H31ClN2O4. The minimum absolute atomic E-state index is 0. The Balaban J connectivity index is 0.00000324. The highest BCUT2D eigenvalue weighted by atomic mass is 35.5. The van der Waals surface area contributed by atoms with Crippen LogP contribution < -0.4 is 10.5 Å². The zero-order valence-corrected chi connectivity index (χ0v) is 19.9. The molecule has 3 N–H and O–H groups in total. The number of amides is 1. The number of nitrogens with two attached hydrogens (primary N) is 1. The van der Waals surface area contributed by atoms with Gasteiger partial charge < -0.3 is 20.5 Å². The number of carbonyl (C=O) groups is 2. The van der Waals surface area contributed by atoms with E-state index in [0.29, 0.717) is 31.8 Å². The van der Waals surface area contributed by atoms with Gasteiger partial charge in [0.1, 0.15) is 12.4 Å². The van der Waals surface area contributed by atoms with Gasteiger partial charge >= 0.3 is 5.97 Å². The average molecular weight is 483 g/mol. The van der Waals surface area contributed by atoms with Crippen LogP contribution in [0.15, 0.2) is 66.7 Å². The fourth-order valence-corrected chi connectivity index (χ4v) is 4.57. The fourth-order valence-electron chi connectivity index (χ4n) is 4.57. The van der Waals surface area contributed by atoms with Crippen LogP contribution in [0, 0.1) is 5.41 Å². The summed E-state index contributed by atoms with van der Waals surface area (Å²) in [6.45, 7) is 1.72. The van der Waals surface area contributed by atoms with Gasteiger partial charge in [-0.05, 0) is 59.4 Å². The molecule has 0 radical (unpaired) electrons. The molecule has 0 aromatic heterocycles. The quantitative estimate of drug-likeness (QED) is 0.446. The van der Waals surface area contributed by atoms with Crippen molar-refractivity contribution >= 4 is 35.1 Å². The number of rotatable bonds is 10. The number of hydrogen-bond donors (Lipinski definition) is 2. The molecule has 6 nitrogen and oxygen atoms in total. The molecule has 34 heavy (non-hydrogen) atoms. The lowest BCUT2D eigenvalue weighted by atomic mass is 9.83. The second-order valence-electron chi connectivity index (χ2n) is 8.82. The third-order valence-electron chi connectivity index (χ3n) is 6.45. The lowest BCUT2D eigenvalue weighted by molar-refractivity contribution is -0.148. The molecular weight excluding hydrogens is 452 g/mol. The van der Waals surface area contributed by atoms with E-state index in [1.807, 2.05) is 54.6 Å². The summed E-state index contributed by atoms with van der Waals surface area (Å²) in [6.07, 6.45) is 1.98. The van der Waals surface area contributed by atoms with E-state index in [1.54, 1.807) is 4.90 Å². The first-order valence-electron chi connectivity index (χ1n) is 11.4. The molecule has 1 heterocycles. The molecule has 1 fully saturated rings. The summed E-state index contributed by atoms with van der Waals surface area (Å²) < 4.78 is 6.02. The molecule has 0 aliphatic carbocycles. The molecule has 1 amide bonds. The number of nitrogens with zero attached hydrogens (tertiary/aromatic N) is 1. The SMILES string of the molecule is Cl.NCc1ccc2cc(OCC3(CC(=O)O)CCN(CCCc4ccccc4)C3=O)ccc2c1. The molecule has 180 valence electrons. The molecule has 3 aromatic carbocycles. The number of fused-ring (bicyclic) bond motifs is 1. The highest BCUT2D eigenvalue weighted by Gasteiger charge is 2.48. The van der Waals surface area contributed by atoms with Gasteiger partial charge in [-0.1, -0.05) is 48.5 Å². The lowest BCUT2D eigenvalue weighted by Crippen LogP contribution is -2.40. The summed E-state index contributed by atoms with van der Waals surface area (Å²) in [7, 11) is 0. The highest BCUT2D eigenvalue weighted by molar-refractivity contribution is 5.89. The Morgan fingerprint density at radius 2 is 1.76 bits per heavy atom. The molecule has 1 aliphatic rings. The molecule has 0 spiro atoms. The number of aliphatic carboxylic acids is 1. The molecule has 4 rings (SSSR count). The van der Waals surface area contributed by atoms with Gasteiger partial charge in [-0.15, -0.1) is 12.4 Å². The molecule has 1 aliphatic heterocycles. The summed E-state index contributed by atoms with van der Waals surface area (Å²) >= 11 is 0. The lowest BCUT2D eigenvalue weighted by Gasteiger charge is -2.26. The average Bonchev–Trinajstić information content (AvgIpc) is 3.12. The maximum atomic E-state index is 13.3. The molecule has 1 atom stereocenters. The van der Waals surface area contributed by atoms with Gasteiger partial charge in [0.15, 0.2) is 0 Å². The highest BCUT2D eigenvalue weighted by Crippen LogP contribution is 2.37. The molecule has 0 bridgehead atoms. The zero-order chi connectivity index (χ0) is 23.3. The van der Waals surface area contributed by atoms with Crippen LogP contribution in [0.1, 0.15) is 30.4 Å². The Morgan fingerprint density at radius 1 is 1.03 bits per heavy atom. The Labute approximate surface area is 206 Å². The predicted octanol–water partition coefficient (Wildman–Crippen LogP) is 4.43. The van der Waals surface area contributed by atoms with Crippen molar-refractivity contribution in [3.05, 3.63) is 77.9 Å². The first-order chi connectivity index (χ1) is 16.0. The van der Waals surface area contributed by atoms with Crippen LogP contribution in [0.25, 0.3) is 10.8 Å². The van der Waals surface area contributed by atoms with Gasteiger partial charge in [-0.2, -0.15) is 0 Å². The van der Waals surface area contributed by atoms with E-state index in [1.165, 1.54) is 5.56 Å². The maximum Gasteiger partial charge on any atom is 0.304 e. The Bertz CT molecular complexity index is 1140. The molecule has 7 heteroatoms. The molecule has 3 aromatic rings. The normalized spacial score (nSPS) is 17.6. The van der Waals surface area contributed by atoms with Crippen molar-refractivity contribution in [3.8, 4) is 5.75 Å². The van der Waals surface area contributed by atoms with E-state index in [2.05, 4.69) is 12.1 Å². The van der Waals surface area contributed by atoms with Gasteiger partial charge in [0.05, 0.1) is 11.8 Å². The smallest absolute Gasteiger partial charge is 0.304 e. The van der Waals surface area contributed by atoms with Gasteiger partial charge in [-0.3, -0.25) is 9.59 Å². The summed E-state index contributed by atoms with van der Waals surface area (Å²) in [5.41, 5.74) is 6.98. The standard InChI is InChI=1S/C27H30N2O4.ClH/c28-18-21-8-9-23-16-24(11-10-22(23)15-21)33-19-27(17-25(30)31)12-14-29(26(27)32)13-4-7-20-5-2-1-3-6-20;/h1-3,5-6,8-11,15-16H,4,7,12-14,17-19,28H2,(H,30,31);1H. The molecule has 1 saturated heterocycles. The summed E-state index contributed by atoms with van der Waals surface area (Å²) in [5.74, 6) is -0.472. The Kier molecular flexibility index (Phi) is 8.53. The minimum Gasteiger partial charge on any atom is -0.492 e. The van der Waals surface area contributed by atoms with Crippen LogP contribution in [-0.4, -0.2) is 41.6 Å². The summed E-state index contributed by atoms with van der Waals surface area (Å²) in [4.78, 5) is 26.7. The number of hydrogen-bond acceptors (Lipinski definition) is 4. The van der Waals surface area contributed by atoms with Crippen LogP contribution in [0.5, 0.6) is 5.75 Å². The largest absolute Gasteiger partial charge is 0.492 e. The van der Waals surface area contributed by atoms with E-state index in [-0.39, 0.29) is 31.3 Å².